The number of nitrogens with one attached hydrogen (secondary N) is 2. The van der Waals surface area contributed by atoms with Crippen LogP contribution in [0.5, 0.6) is 0 Å². The van der Waals surface area contributed by atoms with Gasteiger partial charge in [0.2, 0.25) is 5.91 Å². The first-order valence-corrected chi connectivity index (χ1v) is 13.5. The van der Waals surface area contributed by atoms with Gasteiger partial charge in [0.25, 0.3) is 0 Å². The van der Waals surface area contributed by atoms with E-state index in [2.05, 4.69) is 10.6 Å². The largest absolute Gasteiger partial charge is 0.481 e. The van der Waals surface area contributed by atoms with Crippen molar-refractivity contribution >= 4 is 35.2 Å². The number of aromatic nitrogens is 1. The van der Waals surface area contributed by atoms with E-state index >= 15 is 0 Å². The number of alkyl carbamates (subject to hydrolysis) is 1. The second-order valence-corrected chi connectivity index (χ2v) is 10.2. The summed E-state index contributed by atoms with van der Waals surface area (Å²) >= 11 is 0. The minimum absolute atomic E-state index is 0.0590. The number of para-hydroxylation sites is 1. The molecule has 2 atom stereocenters. The number of hydrogen-bond acceptors (Lipinski definition) is 5. The number of aldehydes is 1. The number of rotatable bonds is 11. The molecule has 41 heavy (non-hydrogen) atoms. The number of amides is 2. The monoisotopic (exact) mass is 553 g/mol. The van der Waals surface area contributed by atoms with Crippen LogP contribution in [-0.4, -0.2) is 52.6 Å². The predicted molar refractivity (Wildman–Crippen MR) is 153 cm³/mol. The highest BCUT2D eigenvalue weighted by Crippen LogP contribution is 2.44. The van der Waals surface area contributed by atoms with Crippen LogP contribution in [0.4, 0.5) is 4.79 Å². The van der Waals surface area contributed by atoms with Crippen molar-refractivity contribution < 1.29 is 29.0 Å². The maximum absolute atomic E-state index is 13.3. The first-order valence-electron chi connectivity index (χ1n) is 13.5. The predicted octanol–water partition coefficient (Wildman–Crippen LogP) is 4.18. The second kappa shape index (κ2) is 12.1. The molecule has 1 aliphatic carbocycles. The lowest BCUT2D eigenvalue weighted by Gasteiger charge is -2.21. The van der Waals surface area contributed by atoms with E-state index in [1.165, 1.54) is 0 Å². The lowest BCUT2D eigenvalue weighted by molar-refractivity contribution is -0.137. The molecule has 1 aromatic heterocycles. The summed E-state index contributed by atoms with van der Waals surface area (Å²) in [4.78, 5) is 49.0. The third-order valence-corrected chi connectivity index (χ3v) is 7.52. The highest BCUT2D eigenvalue weighted by atomic mass is 16.5. The zero-order valence-electron chi connectivity index (χ0n) is 22.6. The minimum Gasteiger partial charge on any atom is -0.481 e. The van der Waals surface area contributed by atoms with Gasteiger partial charge in [-0.25, -0.2) is 4.79 Å². The third-order valence-electron chi connectivity index (χ3n) is 7.52. The van der Waals surface area contributed by atoms with Gasteiger partial charge in [-0.3, -0.25) is 9.59 Å². The van der Waals surface area contributed by atoms with Crippen LogP contribution in [0, 0.1) is 0 Å². The fourth-order valence-corrected chi connectivity index (χ4v) is 5.54. The fourth-order valence-electron chi connectivity index (χ4n) is 5.54. The van der Waals surface area contributed by atoms with E-state index in [9.17, 15) is 19.2 Å². The van der Waals surface area contributed by atoms with Crippen molar-refractivity contribution in [2.45, 2.75) is 37.3 Å². The number of nitrogens with zero attached hydrogens (tertiary/aromatic N) is 1. The maximum Gasteiger partial charge on any atom is 0.407 e. The molecule has 9 nitrogen and oxygen atoms in total. The lowest BCUT2D eigenvalue weighted by Crippen LogP contribution is -2.51. The molecular weight excluding hydrogens is 522 g/mol. The first kappa shape index (κ1) is 27.6. The Hall–Kier alpha value is -4.92. The van der Waals surface area contributed by atoms with Crippen molar-refractivity contribution in [3.63, 3.8) is 0 Å². The number of carboxylic acid groups (broad SMARTS) is 1. The van der Waals surface area contributed by atoms with Crippen molar-refractivity contribution in [2.75, 3.05) is 6.61 Å². The van der Waals surface area contributed by atoms with Crippen LogP contribution in [0.1, 0.15) is 35.4 Å². The van der Waals surface area contributed by atoms with E-state index in [0.29, 0.717) is 6.29 Å². The first-order chi connectivity index (χ1) is 19.9. The smallest absolute Gasteiger partial charge is 0.407 e. The molecule has 0 unspecified atom stereocenters. The van der Waals surface area contributed by atoms with Gasteiger partial charge >= 0.3 is 12.1 Å². The van der Waals surface area contributed by atoms with Crippen LogP contribution in [0.25, 0.3) is 22.0 Å². The summed E-state index contributed by atoms with van der Waals surface area (Å²) in [5.41, 5.74) is 6.14. The van der Waals surface area contributed by atoms with Gasteiger partial charge in [-0.05, 0) is 40.3 Å². The molecule has 0 fully saturated rings. The van der Waals surface area contributed by atoms with Gasteiger partial charge in [0.05, 0.1) is 6.04 Å². The summed E-state index contributed by atoms with van der Waals surface area (Å²) in [7, 11) is 1.90. The molecule has 0 radical (unpaired) electrons. The normalized spacial score (nSPS) is 13.6. The van der Waals surface area contributed by atoms with E-state index in [-0.39, 0.29) is 31.8 Å². The zero-order valence-corrected chi connectivity index (χ0v) is 22.6. The molecule has 1 heterocycles. The van der Waals surface area contributed by atoms with E-state index in [0.717, 1.165) is 38.7 Å². The van der Waals surface area contributed by atoms with Crippen LogP contribution in [0.3, 0.4) is 0 Å². The summed E-state index contributed by atoms with van der Waals surface area (Å²) in [6.45, 7) is 0.0814. The van der Waals surface area contributed by atoms with Crippen molar-refractivity contribution in [3.05, 3.63) is 95.7 Å². The standard InChI is InChI=1S/C32H31N3O6/c1-35-17-20(22-8-6-7-13-29(22)35)16-28(31(39)33-21(18-36)14-15-30(37)38)34-32(40)41-19-27-25-11-4-2-9-23(25)24-10-3-5-12-26(24)27/h2-13,17-18,21,27-28H,14-16,19H2,1H3,(H,33,39)(H,34,40)(H,37,38)/t21-,28-/m0/s1. The number of aliphatic carboxylic acids is 1. The van der Waals surface area contributed by atoms with Gasteiger partial charge in [0.1, 0.15) is 18.9 Å². The van der Waals surface area contributed by atoms with Gasteiger partial charge in [-0.2, -0.15) is 0 Å². The summed E-state index contributed by atoms with van der Waals surface area (Å²) in [5, 5.41) is 15.2. The second-order valence-electron chi connectivity index (χ2n) is 10.2. The van der Waals surface area contributed by atoms with E-state index in [1.807, 2.05) is 90.6 Å². The Kier molecular flexibility index (Phi) is 8.14. The Bertz CT molecular complexity index is 1560. The van der Waals surface area contributed by atoms with Crippen molar-refractivity contribution in [3.8, 4) is 11.1 Å². The van der Waals surface area contributed by atoms with Gasteiger partial charge in [-0.15, -0.1) is 0 Å². The van der Waals surface area contributed by atoms with E-state index in [4.69, 9.17) is 9.84 Å². The maximum atomic E-state index is 13.3. The van der Waals surface area contributed by atoms with Gasteiger partial charge in [-0.1, -0.05) is 66.7 Å². The Labute approximate surface area is 237 Å². The molecule has 5 rings (SSSR count). The van der Waals surface area contributed by atoms with Crippen LogP contribution in [0.2, 0.25) is 0 Å². The van der Waals surface area contributed by atoms with Crippen molar-refractivity contribution in [1.29, 1.82) is 0 Å². The zero-order chi connectivity index (χ0) is 28.9. The van der Waals surface area contributed by atoms with Gasteiger partial charge < -0.3 is 29.8 Å². The van der Waals surface area contributed by atoms with Gasteiger partial charge in [0, 0.05) is 42.9 Å². The summed E-state index contributed by atoms with van der Waals surface area (Å²) in [6.07, 6.45) is 1.44. The number of fused-ring (bicyclic) bond motifs is 4. The van der Waals surface area contributed by atoms with Crippen molar-refractivity contribution in [1.82, 2.24) is 15.2 Å². The average molecular weight is 554 g/mol. The van der Waals surface area contributed by atoms with Crippen LogP contribution >= 0.6 is 0 Å². The van der Waals surface area contributed by atoms with Crippen molar-refractivity contribution in [2.24, 2.45) is 7.05 Å². The molecule has 1 aliphatic rings. The number of carbonyl (C=O) groups excluding carboxylic acids is 3. The van der Waals surface area contributed by atoms with Gasteiger partial charge in [0.15, 0.2) is 0 Å². The molecule has 3 N–H and O–H groups in total. The van der Waals surface area contributed by atoms with E-state index in [1.54, 1.807) is 0 Å². The fraction of sp³-hybridized carbons (Fsp3) is 0.250. The highest BCUT2D eigenvalue weighted by molar-refractivity contribution is 5.90. The quantitative estimate of drug-likeness (QED) is 0.239. The number of benzene rings is 3. The Morgan fingerprint density at radius 2 is 1.59 bits per heavy atom. The van der Waals surface area contributed by atoms with Crippen LogP contribution in [-0.2, 0) is 32.6 Å². The summed E-state index contributed by atoms with van der Waals surface area (Å²) in [6, 6.07) is 21.7. The molecule has 210 valence electrons. The van der Waals surface area contributed by atoms with E-state index < -0.39 is 30.1 Å². The lowest BCUT2D eigenvalue weighted by atomic mass is 9.98. The number of carbonyl (C=O) groups is 4. The molecule has 2 amide bonds. The topological polar surface area (TPSA) is 127 Å². The SMILES string of the molecule is Cn1cc(C[C@H](NC(=O)OCC2c3ccccc3-c3ccccc32)C(=O)N[C@H](C=O)CCC(=O)O)c2ccccc21. The molecule has 0 bridgehead atoms. The summed E-state index contributed by atoms with van der Waals surface area (Å²) in [5.74, 6) is -1.82. The molecule has 9 heteroatoms. The summed E-state index contributed by atoms with van der Waals surface area (Å²) < 4.78 is 7.62. The number of ether oxygens (including phenoxy) is 1. The average Bonchev–Trinajstić information content (AvgIpc) is 3.47. The molecule has 0 saturated heterocycles. The molecule has 0 spiro atoms. The Morgan fingerprint density at radius 1 is 0.951 bits per heavy atom. The third kappa shape index (κ3) is 5.99. The number of aryl methyl sites for hydroxylation is 1. The number of carboxylic acids is 1. The molecule has 3 aromatic carbocycles. The molecular formula is C32H31N3O6. The number of hydrogen-bond donors (Lipinski definition) is 3. The minimum atomic E-state index is -1.07. The Balaban J connectivity index is 1.33. The molecule has 0 aliphatic heterocycles. The Morgan fingerprint density at radius 3 is 2.24 bits per heavy atom. The van der Waals surface area contributed by atoms with Crippen LogP contribution < -0.4 is 10.6 Å². The molecule has 4 aromatic rings. The van der Waals surface area contributed by atoms with Crippen LogP contribution in [0.15, 0.2) is 79.0 Å². The highest BCUT2D eigenvalue weighted by Gasteiger charge is 2.30. The molecule has 0 saturated carbocycles.